The fourth-order valence-electron chi connectivity index (χ4n) is 0.917. The molecule has 5 heteroatoms. The van der Waals surface area contributed by atoms with E-state index in [1.165, 1.54) is 12.1 Å². The van der Waals surface area contributed by atoms with E-state index < -0.39 is 5.41 Å². The average molecular weight is 193 g/mol. The molecule has 0 aliphatic rings. The molecule has 1 aromatic rings. The van der Waals surface area contributed by atoms with Gasteiger partial charge in [0.05, 0.1) is 0 Å². The fraction of sp³-hybridized carbons (Fsp3) is 0.444. The van der Waals surface area contributed by atoms with Gasteiger partial charge in [-0.1, -0.05) is 20.8 Å². The molecule has 5 nitrogen and oxygen atoms in total. The van der Waals surface area contributed by atoms with Crippen molar-refractivity contribution in [3.05, 3.63) is 28.3 Å². The minimum absolute atomic E-state index is 0.111. The Hall–Kier alpha value is -1.74. The van der Waals surface area contributed by atoms with Gasteiger partial charge in [-0.05, 0) is 22.8 Å². The lowest BCUT2D eigenvalue weighted by atomic mass is 9.89. The molecule has 1 heterocycles. The summed E-state index contributed by atoms with van der Waals surface area (Å²) in [5.41, 5.74) is 7.65. The molecular formula is C9H11N3O2. The van der Waals surface area contributed by atoms with Gasteiger partial charge in [-0.15, -0.1) is 0 Å². The van der Waals surface area contributed by atoms with Crippen molar-refractivity contribution in [3.8, 4) is 0 Å². The van der Waals surface area contributed by atoms with E-state index in [0.29, 0.717) is 0 Å². The number of nitrogens with zero attached hydrogens (tertiary/aromatic N) is 3. The second kappa shape index (κ2) is 3.55. The molecule has 0 bridgehead atoms. The van der Waals surface area contributed by atoms with Crippen LogP contribution in [0.1, 0.15) is 31.3 Å². The summed E-state index contributed by atoms with van der Waals surface area (Å²) in [5.74, 6) is 0.219. The third-order valence-corrected chi connectivity index (χ3v) is 1.64. The van der Waals surface area contributed by atoms with Crippen LogP contribution >= 0.6 is 0 Å². The van der Waals surface area contributed by atoms with E-state index in [1.807, 2.05) is 0 Å². The van der Waals surface area contributed by atoms with Crippen LogP contribution in [0.5, 0.6) is 0 Å². The molecule has 0 aromatic carbocycles. The highest BCUT2D eigenvalue weighted by Gasteiger charge is 2.25. The summed E-state index contributed by atoms with van der Waals surface area (Å²) in [4.78, 5) is 14.2. The zero-order chi connectivity index (χ0) is 10.8. The Morgan fingerprint density at radius 2 is 2.14 bits per heavy atom. The SMILES string of the molecule is CC(C)(C)C(=O)c1ccc(N=[N+]=[N-])o1. The fourth-order valence-corrected chi connectivity index (χ4v) is 0.917. The number of rotatable bonds is 2. The summed E-state index contributed by atoms with van der Waals surface area (Å²) in [6.45, 7) is 5.39. The molecule has 0 spiro atoms. The standard InChI is InChI=1S/C9H11N3O2/c1-9(2,3)8(13)6-4-5-7(14-6)11-12-10/h4-5H,1-3H3. The van der Waals surface area contributed by atoms with Gasteiger partial charge in [0.1, 0.15) is 0 Å². The van der Waals surface area contributed by atoms with E-state index in [0.717, 1.165) is 0 Å². The van der Waals surface area contributed by atoms with Crippen LogP contribution in [0.2, 0.25) is 0 Å². The minimum Gasteiger partial charge on any atom is -0.451 e. The molecule has 0 unspecified atom stereocenters. The predicted molar refractivity (Wildman–Crippen MR) is 51.3 cm³/mol. The van der Waals surface area contributed by atoms with Crippen LogP contribution < -0.4 is 0 Å². The normalized spacial score (nSPS) is 10.8. The Morgan fingerprint density at radius 3 is 2.64 bits per heavy atom. The minimum atomic E-state index is -0.495. The van der Waals surface area contributed by atoms with Gasteiger partial charge in [-0.3, -0.25) is 4.79 Å². The van der Waals surface area contributed by atoms with Gasteiger partial charge < -0.3 is 4.42 Å². The molecule has 0 aliphatic heterocycles. The topological polar surface area (TPSA) is 79.0 Å². The number of carbonyl (C=O) groups excluding carboxylic acids is 1. The second-order valence-corrected chi connectivity index (χ2v) is 3.91. The van der Waals surface area contributed by atoms with Crippen molar-refractivity contribution < 1.29 is 9.21 Å². The van der Waals surface area contributed by atoms with E-state index in [1.54, 1.807) is 20.8 Å². The maximum absolute atomic E-state index is 11.7. The highest BCUT2D eigenvalue weighted by Crippen LogP contribution is 2.24. The molecule has 0 N–H and O–H groups in total. The summed E-state index contributed by atoms with van der Waals surface area (Å²) >= 11 is 0. The van der Waals surface area contributed by atoms with Gasteiger partial charge in [0.2, 0.25) is 5.78 Å². The van der Waals surface area contributed by atoms with Crippen LogP contribution in [-0.4, -0.2) is 5.78 Å². The quantitative estimate of drug-likeness (QED) is 0.312. The first-order valence-corrected chi connectivity index (χ1v) is 4.15. The van der Waals surface area contributed by atoms with Crippen molar-refractivity contribution >= 4 is 11.7 Å². The van der Waals surface area contributed by atoms with Crippen LogP contribution in [0.15, 0.2) is 21.7 Å². The van der Waals surface area contributed by atoms with E-state index in [9.17, 15) is 4.79 Å². The van der Waals surface area contributed by atoms with E-state index in [2.05, 4.69) is 10.0 Å². The number of furan rings is 1. The molecule has 0 radical (unpaired) electrons. The van der Waals surface area contributed by atoms with Crippen molar-refractivity contribution in [1.82, 2.24) is 0 Å². The summed E-state index contributed by atoms with van der Waals surface area (Å²) in [5, 5.41) is 3.25. The summed E-state index contributed by atoms with van der Waals surface area (Å²) < 4.78 is 5.04. The zero-order valence-corrected chi connectivity index (χ0v) is 8.31. The Bertz CT molecular complexity index is 394. The molecule has 74 valence electrons. The number of azide groups is 1. The van der Waals surface area contributed by atoms with Crippen molar-refractivity contribution in [2.45, 2.75) is 20.8 Å². The van der Waals surface area contributed by atoms with Gasteiger partial charge in [0.15, 0.2) is 11.6 Å². The van der Waals surface area contributed by atoms with Crippen molar-refractivity contribution in [2.75, 3.05) is 0 Å². The first-order chi connectivity index (χ1) is 6.45. The smallest absolute Gasteiger partial charge is 0.203 e. The van der Waals surface area contributed by atoms with Crippen LogP contribution in [0.3, 0.4) is 0 Å². The Morgan fingerprint density at radius 1 is 1.50 bits per heavy atom. The largest absolute Gasteiger partial charge is 0.451 e. The lowest BCUT2D eigenvalue weighted by Gasteiger charge is -2.13. The summed E-state index contributed by atoms with van der Waals surface area (Å²) in [7, 11) is 0. The van der Waals surface area contributed by atoms with Crippen LogP contribution in [0.25, 0.3) is 10.4 Å². The van der Waals surface area contributed by atoms with Gasteiger partial charge in [0.25, 0.3) is 0 Å². The third-order valence-electron chi connectivity index (χ3n) is 1.64. The van der Waals surface area contributed by atoms with Gasteiger partial charge in [-0.25, -0.2) is 0 Å². The molecule has 0 saturated heterocycles. The lowest BCUT2D eigenvalue weighted by molar-refractivity contribution is 0.0829. The highest BCUT2D eigenvalue weighted by molar-refractivity contribution is 5.97. The van der Waals surface area contributed by atoms with Crippen molar-refractivity contribution in [2.24, 2.45) is 10.5 Å². The number of ketones is 1. The predicted octanol–water partition coefficient (Wildman–Crippen LogP) is 3.45. The van der Waals surface area contributed by atoms with E-state index >= 15 is 0 Å². The van der Waals surface area contributed by atoms with E-state index in [-0.39, 0.29) is 17.4 Å². The van der Waals surface area contributed by atoms with Gasteiger partial charge in [-0.2, -0.15) is 0 Å². The number of Topliss-reactive ketones (excluding diaryl/α,β-unsaturated/α-hetero) is 1. The summed E-state index contributed by atoms with van der Waals surface area (Å²) in [6, 6.07) is 2.98. The van der Waals surface area contributed by atoms with Crippen LogP contribution in [0, 0.1) is 5.41 Å². The third kappa shape index (κ3) is 2.14. The number of hydrogen-bond acceptors (Lipinski definition) is 3. The molecule has 0 aliphatic carbocycles. The molecule has 1 rings (SSSR count). The van der Waals surface area contributed by atoms with Crippen LogP contribution in [0.4, 0.5) is 5.88 Å². The second-order valence-electron chi connectivity index (χ2n) is 3.91. The number of hydrogen-bond donors (Lipinski definition) is 0. The Kier molecular flexibility index (Phi) is 2.63. The average Bonchev–Trinajstić information content (AvgIpc) is 2.50. The summed E-state index contributed by atoms with van der Waals surface area (Å²) in [6.07, 6.45) is 0. The zero-order valence-electron chi connectivity index (χ0n) is 8.31. The molecule has 0 fully saturated rings. The molecular weight excluding hydrogens is 182 g/mol. The molecule has 14 heavy (non-hydrogen) atoms. The van der Waals surface area contributed by atoms with E-state index in [4.69, 9.17) is 9.95 Å². The first-order valence-electron chi connectivity index (χ1n) is 4.15. The van der Waals surface area contributed by atoms with Gasteiger partial charge in [0, 0.05) is 10.3 Å². The monoisotopic (exact) mass is 193 g/mol. The Balaban J connectivity index is 2.98. The van der Waals surface area contributed by atoms with Crippen LogP contribution in [-0.2, 0) is 0 Å². The highest BCUT2D eigenvalue weighted by atomic mass is 16.4. The molecule has 0 saturated carbocycles. The molecule has 1 aromatic heterocycles. The van der Waals surface area contributed by atoms with Crippen molar-refractivity contribution in [3.63, 3.8) is 0 Å². The maximum atomic E-state index is 11.7. The molecule has 0 atom stereocenters. The molecule has 0 amide bonds. The maximum Gasteiger partial charge on any atom is 0.203 e. The first kappa shape index (κ1) is 10.3. The van der Waals surface area contributed by atoms with Gasteiger partial charge >= 0.3 is 0 Å². The number of carbonyl (C=O) groups is 1. The van der Waals surface area contributed by atoms with Crippen molar-refractivity contribution in [1.29, 1.82) is 0 Å². The Labute approximate surface area is 81.3 Å². The lowest BCUT2D eigenvalue weighted by Crippen LogP contribution is -2.19.